The van der Waals surface area contributed by atoms with E-state index in [-0.39, 0.29) is 17.6 Å². The molecule has 2 aromatic rings. The topological polar surface area (TPSA) is 135 Å². The van der Waals surface area contributed by atoms with E-state index < -0.39 is 6.03 Å². The van der Waals surface area contributed by atoms with Gasteiger partial charge in [0.25, 0.3) is 0 Å². The molecule has 11 nitrogen and oxygen atoms in total. The van der Waals surface area contributed by atoms with Gasteiger partial charge in [0.15, 0.2) is 6.29 Å². The molecule has 0 unspecified atom stereocenters. The molecule has 4 rings (SSSR count). The average Bonchev–Trinajstić information content (AvgIpc) is 2.89. The summed E-state index contributed by atoms with van der Waals surface area (Å²) >= 11 is 0. The molecule has 4 heterocycles. The Hall–Kier alpha value is -4.04. The summed E-state index contributed by atoms with van der Waals surface area (Å²) in [7, 11) is 1.91. The molecule has 0 radical (unpaired) electrons. The van der Waals surface area contributed by atoms with Crippen LogP contribution in [0.2, 0.25) is 0 Å². The Bertz CT molecular complexity index is 1260. The first kappa shape index (κ1) is 27.0. The lowest BCUT2D eigenvalue weighted by Crippen LogP contribution is -2.48. The second kappa shape index (κ2) is 12.0. The first-order chi connectivity index (χ1) is 18.3. The third-order valence-corrected chi connectivity index (χ3v) is 6.89. The van der Waals surface area contributed by atoms with Crippen molar-refractivity contribution < 1.29 is 14.4 Å². The molecule has 200 valence electrons. The zero-order valence-corrected chi connectivity index (χ0v) is 22.2. The molecule has 3 amide bonds. The van der Waals surface area contributed by atoms with Gasteiger partial charge in [-0.15, -0.1) is 0 Å². The first-order valence-electron chi connectivity index (χ1n) is 13.0. The highest BCUT2D eigenvalue weighted by atomic mass is 16.2. The van der Waals surface area contributed by atoms with Crippen molar-refractivity contribution in [3.05, 3.63) is 40.7 Å². The fourth-order valence-electron chi connectivity index (χ4n) is 4.86. The van der Waals surface area contributed by atoms with Crippen molar-refractivity contribution in [2.45, 2.75) is 52.1 Å². The molecule has 0 saturated carbocycles. The molecule has 0 aliphatic carbocycles. The Labute approximate surface area is 222 Å². The number of piperazine rings is 1. The van der Waals surface area contributed by atoms with Gasteiger partial charge in [-0.2, -0.15) is 5.26 Å². The van der Waals surface area contributed by atoms with Crippen LogP contribution in [-0.2, 0) is 17.8 Å². The molecule has 2 aromatic heterocycles. The molecule has 1 atom stereocenters. The Morgan fingerprint density at radius 2 is 2.11 bits per heavy atom. The van der Waals surface area contributed by atoms with E-state index in [1.54, 1.807) is 11.0 Å². The predicted octanol–water partition coefficient (Wildman–Crippen LogP) is 3.02. The summed E-state index contributed by atoms with van der Waals surface area (Å²) in [5, 5.41) is 15.6. The fraction of sp³-hybridized carbons (Fsp3) is 0.481. The number of anilines is 3. The number of nitrogens with zero attached hydrogens (tertiary/aromatic N) is 6. The number of aromatic nitrogens is 2. The van der Waals surface area contributed by atoms with Gasteiger partial charge in [0.1, 0.15) is 23.4 Å². The number of aryl methyl sites for hydroxylation is 1. The molecule has 0 bridgehead atoms. The predicted molar refractivity (Wildman–Crippen MR) is 144 cm³/mol. The standard InChI is InChI=1S/C27H34N8O3/c1-4-6-18(2)30-22-12-24(29-14-21(22)13-28)32-27(38)35-8-5-7-19-11-20(23(17-36)31-26(19)35)15-34-10-9-33(3)16-25(34)37/h11-12,14,17-18H,4-10,15-16H2,1-3H3,(H2,29,30,32,38)/t18-/m0/s1. The van der Waals surface area contributed by atoms with Gasteiger partial charge in [0.2, 0.25) is 5.91 Å². The monoisotopic (exact) mass is 518 g/mol. The minimum Gasteiger partial charge on any atom is -0.381 e. The van der Waals surface area contributed by atoms with Crippen molar-refractivity contribution in [1.29, 1.82) is 5.26 Å². The van der Waals surface area contributed by atoms with Crippen molar-refractivity contribution in [2.24, 2.45) is 0 Å². The SMILES string of the molecule is CCC[C@H](C)Nc1cc(NC(=O)N2CCCc3cc(CN4CCN(C)CC4=O)c(C=O)nc32)ncc1C#N. The normalized spacial score (nSPS) is 16.4. The summed E-state index contributed by atoms with van der Waals surface area (Å²) in [5.41, 5.74) is 2.78. The summed E-state index contributed by atoms with van der Waals surface area (Å²) < 4.78 is 0. The number of likely N-dealkylation sites (N-methyl/N-ethyl adjacent to an activating group) is 1. The van der Waals surface area contributed by atoms with Crippen LogP contribution in [0.15, 0.2) is 18.3 Å². The largest absolute Gasteiger partial charge is 0.381 e. The Kier molecular flexibility index (Phi) is 8.53. The Balaban J connectivity index is 1.54. The summed E-state index contributed by atoms with van der Waals surface area (Å²) in [4.78, 5) is 51.7. The van der Waals surface area contributed by atoms with Gasteiger partial charge in [0.05, 0.1) is 17.8 Å². The van der Waals surface area contributed by atoms with Crippen molar-refractivity contribution >= 4 is 35.5 Å². The number of nitrogens with one attached hydrogen (secondary N) is 2. The zero-order chi connectivity index (χ0) is 27.2. The maximum atomic E-state index is 13.3. The molecule has 1 fully saturated rings. The number of aldehydes is 1. The number of hydrogen-bond donors (Lipinski definition) is 2. The van der Waals surface area contributed by atoms with Crippen molar-refractivity contribution in [3.63, 3.8) is 0 Å². The Morgan fingerprint density at radius 3 is 2.82 bits per heavy atom. The highest BCUT2D eigenvalue weighted by Crippen LogP contribution is 2.29. The van der Waals surface area contributed by atoms with Gasteiger partial charge >= 0.3 is 6.03 Å². The number of hydrogen-bond acceptors (Lipinski definition) is 8. The molecular formula is C27H34N8O3. The van der Waals surface area contributed by atoms with Crippen LogP contribution in [0.25, 0.3) is 0 Å². The van der Waals surface area contributed by atoms with Crippen LogP contribution in [0.5, 0.6) is 0 Å². The van der Waals surface area contributed by atoms with Gasteiger partial charge in [-0.3, -0.25) is 24.7 Å². The molecular weight excluding hydrogens is 484 g/mol. The number of fused-ring (bicyclic) bond motifs is 1. The third-order valence-electron chi connectivity index (χ3n) is 6.89. The van der Waals surface area contributed by atoms with Crippen LogP contribution < -0.4 is 15.5 Å². The van der Waals surface area contributed by atoms with Crippen LogP contribution >= 0.6 is 0 Å². The Morgan fingerprint density at radius 1 is 1.29 bits per heavy atom. The van der Waals surface area contributed by atoms with Crippen molar-refractivity contribution in [1.82, 2.24) is 19.8 Å². The minimum atomic E-state index is -0.415. The van der Waals surface area contributed by atoms with E-state index in [9.17, 15) is 19.6 Å². The number of pyridine rings is 2. The second-order valence-corrected chi connectivity index (χ2v) is 9.93. The maximum Gasteiger partial charge on any atom is 0.328 e. The highest BCUT2D eigenvalue weighted by Gasteiger charge is 2.28. The lowest BCUT2D eigenvalue weighted by molar-refractivity contribution is -0.136. The molecule has 2 N–H and O–H groups in total. The number of rotatable bonds is 8. The van der Waals surface area contributed by atoms with Crippen LogP contribution in [0.4, 0.5) is 22.1 Å². The van der Waals surface area contributed by atoms with E-state index >= 15 is 0 Å². The molecule has 2 aliphatic heterocycles. The van der Waals surface area contributed by atoms with E-state index in [0.29, 0.717) is 67.3 Å². The summed E-state index contributed by atoms with van der Waals surface area (Å²) in [5.74, 6) is 0.767. The second-order valence-electron chi connectivity index (χ2n) is 9.93. The molecule has 2 aliphatic rings. The van der Waals surface area contributed by atoms with Crippen LogP contribution in [-0.4, -0.2) is 77.3 Å². The van der Waals surface area contributed by atoms with Gasteiger partial charge in [-0.1, -0.05) is 13.3 Å². The fourth-order valence-corrected chi connectivity index (χ4v) is 4.86. The average molecular weight is 519 g/mol. The number of carbonyl (C=O) groups excluding carboxylic acids is 3. The van der Waals surface area contributed by atoms with Gasteiger partial charge in [0, 0.05) is 50.0 Å². The van der Waals surface area contributed by atoms with Crippen LogP contribution in [0.3, 0.4) is 0 Å². The van der Waals surface area contributed by atoms with E-state index in [2.05, 4.69) is 33.6 Å². The van der Waals surface area contributed by atoms with Gasteiger partial charge < -0.3 is 10.2 Å². The number of carbonyl (C=O) groups is 3. The van der Waals surface area contributed by atoms with E-state index in [1.165, 1.54) is 11.1 Å². The molecule has 0 spiro atoms. The molecule has 1 saturated heterocycles. The minimum absolute atomic E-state index is 0.0159. The van der Waals surface area contributed by atoms with Gasteiger partial charge in [-0.05, 0) is 44.9 Å². The van der Waals surface area contributed by atoms with E-state index in [0.717, 1.165) is 31.4 Å². The molecule has 38 heavy (non-hydrogen) atoms. The van der Waals surface area contributed by atoms with Crippen molar-refractivity contribution in [3.8, 4) is 6.07 Å². The number of nitriles is 1. The number of amides is 3. The molecule has 0 aromatic carbocycles. The quantitative estimate of drug-likeness (QED) is 0.509. The van der Waals surface area contributed by atoms with Gasteiger partial charge in [-0.25, -0.2) is 14.8 Å². The summed E-state index contributed by atoms with van der Waals surface area (Å²) in [6.45, 7) is 6.59. The highest BCUT2D eigenvalue weighted by molar-refractivity contribution is 6.02. The van der Waals surface area contributed by atoms with Crippen LogP contribution in [0, 0.1) is 11.3 Å². The lowest BCUT2D eigenvalue weighted by atomic mass is 10.0. The smallest absolute Gasteiger partial charge is 0.328 e. The van der Waals surface area contributed by atoms with E-state index in [1.807, 2.05) is 24.9 Å². The third kappa shape index (κ3) is 6.08. The lowest BCUT2D eigenvalue weighted by Gasteiger charge is -2.33. The van der Waals surface area contributed by atoms with E-state index in [4.69, 9.17) is 0 Å². The summed E-state index contributed by atoms with van der Waals surface area (Å²) in [6.07, 6.45) is 5.51. The maximum absolute atomic E-state index is 13.3. The molecule has 11 heteroatoms. The first-order valence-corrected chi connectivity index (χ1v) is 13.0. The van der Waals surface area contributed by atoms with Crippen LogP contribution in [0.1, 0.15) is 60.3 Å². The summed E-state index contributed by atoms with van der Waals surface area (Å²) in [6, 6.07) is 5.44. The zero-order valence-electron chi connectivity index (χ0n) is 22.2. The van der Waals surface area contributed by atoms with Crippen molar-refractivity contribution in [2.75, 3.05) is 48.8 Å². The number of urea groups is 1.